The molecule has 4 nitrogen and oxygen atoms in total. The van der Waals surface area contributed by atoms with Gasteiger partial charge in [-0.2, -0.15) is 0 Å². The van der Waals surface area contributed by atoms with Gasteiger partial charge in [-0.3, -0.25) is 14.7 Å². The minimum absolute atomic E-state index is 0.0157. The van der Waals surface area contributed by atoms with Crippen LogP contribution < -0.4 is 5.73 Å². The van der Waals surface area contributed by atoms with Gasteiger partial charge in [0.15, 0.2) is 0 Å². The number of amides is 1. The second-order valence-electron chi connectivity index (χ2n) is 6.16. The number of rotatable bonds is 4. The minimum atomic E-state index is -0.182. The molecule has 1 fully saturated rings. The molecule has 24 heavy (non-hydrogen) atoms. The number of nitrogens with zero attached hydrogens (tertiary/aromatic N) is 2. The molecule has 6 heteroatoms. The summed E-state index contributed by atoms with van der Waals surface area (Å²) in [6.45, 7) is 2.57. The van der Waals surface area contributed by atoms with Crippen LogP contribution in [0.15, 0.2) is 36.7 Å². The van der Waals surface area contributed by atoms with E-state index in [0.29, 0.717) is 10.0 Å². The predicted molar refractivity (Wildman–Crippen MR) is 96.9 cm³/mol. The molecule has 1 aromatic carbocycles. The molecule has 2 aromatic rings. The zero-order chi connectivity index (χ0) is 17.1. The summed E-state index contributed by atoms with van der Waals surface area (Å²) in [6.07, 6.45) is 5.36. The summed E-state index contributed by atoms with van der Waals surface area (Å²) in [4.78, 5) is 17.9. The van der Waals surface area contributed by atoms with Crippen molar-refractivity contribution in [3.63, 3.8) is 0 Å². The summed E-state index contributed by atoms with van der Waals surface area (Å²) in [5.41, 5.74) is 8.52. The Morgan fingerprint density at radius 1 is 1.12 bits per heavy atom. The molecule has 3 rings (SSSR count). The smallest absolute Gasteiger partial charge is 0.220 e. The third-order valence-electron chi connectivity index (χ3n) is 4.44. The van der Waals surface area contributed by atoms with Crippen LogP contribution in [0.2, 0.25) is 10.0 Å². The van der Waals surface area contributed by atoms with Crippen LogP contribution >= 0.6 is 23.2 Å². The highest BCUT2D eigenvalue weighted by Crippen LogP contribution is 2.29. The first kappa shape index (κ1) is 17.2. The number of halogens is 2. The largest absolute Gasteiger partial charge is 0.369 e. The number of likely N-dealkylation sites (tertiary alicyclic amines) is 1. The fourth-order valence-electron chi connectivity index (χ4n) is 3.04. The van der Waals surface area contributed by atoms with Crippen LogP contribution in [0.3, 0.4) is 0 Å². The van der Waals surface area contributed by atoms with Gasteiger partial charge in [-0.15, -0.1) is 0 Å². The third kappa shape index (κ3) is 4.07. The zero-order valence-electron chi connectivity index (χ0n) is 13.2. The molecule has 0 atom stereocenters. The van der Waals surface area contributed by atoms with E-state index in [2.05, 4.69) is 16.0 Å². The molecule has 0 saturated carbocycles. The Balaban J connectivity index is 1.70. The van der Waals surface area contributed by atoms with Crippen molar-refractivity contribution < 1.29 is 4.79 Å². The number of piperidine rings is 1. The molecule has 1 aromatic heterocycles. The maximum Gasteiger partial charge on any atom is 0.220 e. The number of primary amides is 1. The maximum absolute atomic E-state index is 11.2. The fraction of sp³-hybridized carbons (Fsp3) is 0.333. The average Bonchev–Trinajstić information content (AvgIpc) is 2.58. The van der Waals surface area contributed by atoms with E-state index in [-0.39, 0.29) is 11.8 Å². The van der Waals surface area contributed by atoms with E-state index in [1.165, 1.54) is 0 Å². The maximum atomic E-state index is 11.2. The van der Waals surface area contributed by atoms with Gasteiger partial charge in [0.1, 0.15) is 0 Å². The van der Waals surface area contributed by atoms with Crippen LogP contribution in [0.4, 0.5) is 0 Å². The second-order valence-corrected chi connectivity index (χ2v) is 6.98. The second kappa shape index (κ2) is 7.51. The van der Waals surface area contributed by atoms with E-state index < -0.39 is 0 Å². The molecule has 1 saturated heterocycles. The quantitative estimate of drug-likeness (QED) is 0.899. The van der Waals surface area contributed by atoms with Crippen LogP contribution in [0, 0.1) is 5.92 Å². The molecule has 2 N–H and O–H groups in total. The number of nitrogens with two attached hydrogens (primary N) is 1. The van der Waals surface area contributed by atoms with Crippen LogP contribution in [0.25, 0.3) is 11.1 Å². The lowest BCUT2D eigenvalue weighted by Gasteiger charge is -2.30. The number of carbonyl (C=O) groups is 1. The predicted octanol–water partition coefficient (Wildman–Crippen LogP) is 3.75. The van der Waals surface area contributed by atoms with Gasteiger partial charge in [0.25, 0.3) is 0 Å². The summed E-state index contributed by atoms with van der Waals surface area (Å²) < 4.78 is 0. The van der Waals surface area contributed by atoms with E-state index in [1.54, 1.807) is 6.07 Å². The molecule has 2 heterocycles. The van der Waals surface area contributed by atoms with Crippen molar-refractivity contribution in [2.45, 2.75) is 19.4 Å². The Kier molecular flexibility index (Phi) is 5.39. The SMILES string of the molecule is NC(=O)C1CCN(Cc2cncc(-c3ccc(Cl)c(Cl)c3)c2)CC1. The Morgan fingerprint density at radius 3 is 2.54 bits per heavy atom. The zero-order valence-corrected chi connectivity index (χ0v) is 14.7. The van der Waals surface area contributed by atoms with Gasteiger partial charge >= 0.3 is 0 Å². The standard InChI is InChI=1S/C18H19Cl2N3O/c19-16-2-1-14(8-17(16)20)15-7-12(9-22-10-15)11-23-5-3-13(4-6-23)18(21)24/h1-2,7-10,13H,3-6,11H2,(H2,21,24). The van der Waals surface area contributed by atoms with Crippen molar-refractivity contribution in [3.05, 3.63) is 52.3 Å². The normalized spacial score (nSPS) is 16.2. The van der Waals surface area contributed by atoms with E-state index in [1.807, 2.05) is 24.5 Å². The van der Waals surface area contributed by atoms with E-state index in [9.17, 15) is 4.79 Å². The van der Waals surface area contributed by atoms with Gasteiger partial charge < -0.3 is 5.73 Å². The van der Waals surface area contributed by atoms with Gasteiger partial charge in [0.2, 0.25) is 5.91 Å². The fourth-order valence-corrected chi connectivity index (χ4v) is 3.34. The highest BCUT2D eigenvalue weighted by Gasteiger charge is 2.23. The van der Waals surface area contributed by atoms with Crippen LogP contribution in [-0.4, -0.2) is 28.9 Å². The topological polar surface area (TPSA) is 59.2 Å². The first-order valence-electron chi connectivity index (χ1n) is 7.94. The average molecular weight is 364 g/mol. The van der Waals surface area contributed by atoms with Gasteiger partial charge in [-0.05, 0) is 55.3 Å². The first-order chi connectivity index (χ1) is 11.5. The van der Waals surface area contributed by atoms with Crippen molar-refractivity contribution >= 4 is 29.1 Å². The minimum Gasteiger partial charge on any atom is -0.369 e. The third-order valence-corrected chi connectivity index (χ3v) is 5.18. The Bertz CT molecular complexity index is 743. The van der Waals surface area contributed by atoms with E-state index >= 15 is 0 Å². The lowest BCUT2D eigenvalue weighted by Crippen LogP contribution is -2.38. The number of pyridine rings is 1. The number of hydrogen-bond acceptors (Lipinski definition) is 3. The van der Waals surface area contributed by atoms with Gasteiger partial charge in [-0.25, -0.2) is 0 Å². The van der Waals surface area contributed by atoms with E-state index in [0.717, 1.165) is 49.2 Å². The molecule has 1 amide bonds. The summed E-state index contributed by atoms with van der Waals surface area (Å²) in [6, 6.07) is 7.70. The van der Waals surface area contributed by atoms with Crippen LogP contribution in [-0.2, 0) is 11.3 Å². The molecule has 0 unspecified atom stereocenters. The van der Waals surface area contributed by atoms with Crippen LogP contribution in [0.5, 0.6) is 0 Å². The monoisotopic (exact) mass is 363 g/mol. The lowest BCUT2D eigenvalue weighted by molar-refractivity contribution is -0.123. The van der Waals surface area contributed by atoms with E-state index in [4.69, 9.17) is 28.9 Å². The van der Waals surface area contributed by atoms with Crippen molar-refractivity contribution in [2.75, 3.05) is 13.1 Å². The lowest BCUT2D eigenvalue weighted by atomic mass is 9.96. The molecule has 0 bridgehead atoms. The number of hydrogen-bond donors (Lipinski definition) is 1. The number of benzene rings is 1. The summed E-state index contributed by atoms with van der Waals surface area (Å²) in [5.74, 6) is -0.167. The van der Waals surface area contributed by atoms with Crippen molar-refractivity contribution in [3.8, 4) is 11.1 Å². The Morgan fingerprint density at radius 2 is 1.88 bits per heavy atom. The van der Waals surface area contributed by atoms with Crippen LogP contribution in [0.1, 0.15) is 18.4 Å². The molecule has 126 valence electrons. The summed E-state index contributed by atoms with van der Waals surface area (Å²) in [5, 5.41) is 1.08. The molecule has 1 aliphatic heterocycles. The molecule has 0 aliphatic carbocycles. The van der Waals surface area contributed by atoms with Crippen molar-refractivity contribution in [2.24, 2.45) is 11.7 Å². The molecular formula is C18H19Cl2N3O. The van der Waals surface area contributed by atoms with Gasteiger partial charge in [-0.1, -0.05) is 29.3 Å². The van der Waals surface area contributed by atoms with Gasteiger partial charge in [0, 0.05) is 30.4 Å². The Labute approximate surface area is 151 Å². The molecule has 1 aliphatic rings. The number of carbonyl (C=O) groups excluding carboxylic acids is 1. The van der Waals surface area contributed by atoms with Gasteiger partial charge in [0.05, 0.1) is 10.0 Å². The first-order valence-corrected chi connectivity index (χ1v) is 8.69. The molecule has 0 spiro atoms. The highest BCUT2D eigenvalue weighted by atomic mass is 35.5. The van der Waals surface area contributed by atoms with Crippen molar-refractivity contribution in [1.82, 2.24) is 9.88 Å². The summed E-state index contributed by atoms with van der Waals surface area (Å²) >= 11 is 12.1. The molecular weight excluding hydrogens is 345 g/mol. The molecule has 0 radical (unpaired) electrons. The highest BCUT2D eigenvalue weighted by molar-refractivity contribution is 6.42. The Hall–Kier alpha value is -1.62. The van der Waals surface area contributed by atoms with Crippen molar-refractivity contribution in [1.29, 1.82) is 0 Å². The number of aromatic nitrogens is 1. The summed E-state index contributed by atoms with van der Waals surface area (Å²) in [7, 11) is 0.